The van der Waals surface area contributed by atoms with Crippen molar-refractivity contribution in [1.29, 1.82) is 5.26 Å². The van der Waals surface area contributed by atoms with Gasteiger partial charge in [0, 0.05) is 0 Å². The van der Waals surface area contributed by atoms with Crippen LogP contribution in [-0.2, 0) is 16.0 Å². The molecule has 0 saturated heterocycles. The topological polar surface area (TPSA) is 87.4 Å². The van der Waals surface area contributed by atoms with E-state index in [2.05, 4.69) is 0 Å². The molecule has 0 bridgehead atoms. The number of carbonyl (C=O) groups is 2. The summed E-state index contributed by atoms with van der Waals surface area (Å²) < 4.78 is 4.81. The number of ether oxygens (including phenoxy) is 1. The first-order valence-electron chi connectivity index (χ1n) is 4.50. The fourth-order valence-corrected chi connectivity index (χ4v) is 1.08. The lowest BCUT2D eigenvalue weighted by Gasteiger charge is -2.02. The van der Waals surface area contributed by atoms with Gasteiger partial charge in [-0.05, 0) is 17.7 Å². The van der Waals surface area contributed by atoms with Crippen molar-refractivity contribution in [3.8, 4) is 11.8 Å². The van der Waals surface area contributed by atoms with E-state index in [-0.39, 0.29) is 12.8 Å². The molecular formula is C11H9NO4. The minimum Gasteiger partial charge on any atom is -0.481 e. The van der Waals surface area contributed by atoms with Gasteiger partial charge < -0.3 is 9.84 Å². The fourth-order valence-electron chi connectivity index (χ4n) is 1.08. The Morgan fingerprint density at radius 1 is 1.31 bits per heavy atom. The summed E-state index contributed by atoms with van der Waals surface area (Å²) in [5, 5.41) is 16.8. The number of hydrogen-bond donors (Lipinski definition) is 1. The van der Waals surface area contributed by atoms with Gasteiger partial charge in [-0.15, -0.1) is 0 Å². The molecule has 1 N–H and O–H groups in total. The van der Waals surface area contributed by atoms with Gasteiger partial charge in [0.05, 0.1) is 12.5 Å². The van der Waals surface area contributed by atoms with Crippen LogP contribution < -0.4 is 4.74 Å². The lowest BCUT2D eigenvalue weighted by molar-refractivity contribution is -0.136. The molecule has 0 aliphatic rings. The van der Waals surface area contributed by atoms with E-state index in [1.807, 2.05) is 0 Å². The molecule has 82 valence electrons. The summed E-state index contributed by atoms with van der Waals surface area (Å²) in [6.45, 7) is 0. The molecule has 1 aromatic carbocycles. The van der Waals surface area contributed by atoms with Crippen LogP contribution >= 0.6 is 0 Å². The molecule has 5 nitrogen and oxygen atoms in total. The zero-order valence-corrected chi connectivity index (χ0v) is 8.34. The molecule has 0 heterocycles. The van der Waals surface area contributed by atoms with Crippen LogP contribution in [0.5, 0.6) is 5.75 Å². The summed E-state index contributed by atoms with van der Waals surface area (Å²) in [6.07, 6.45) is -0.386. The average molecular weight is 219 g/mol. The Labute approximate surface area is 91.9 Å². The number of carbonyl (C=O) groups excluding carboxylic acids is 1. The SMILES string of the molecule is N#CCC(=O)Oc1ccc(CC(=O)O)cc1. The van der Waals surface area contributed by atoms with E-state index in [1.165, 1.54) is 12.1 Å². The van der Waals surface area contributed by atoms with Gasteiger partial charge in [0.2, 0.25) is 0 Å². The molecule has 0 aromatic heterocycles. The highest BCUT2D eigenvalue weighted by molar-refractivity contribution is 5.74. The van der Waals surface area contributed by atoms with Crippen LogP contribution in [0.1, 0.15) is 12.0 Å². The van der Waals surface area contributed by atoms with Crippen molar-refractivity contribution in [3.05, 3.63) is 29.8 Å². The molecule has 0 radical (unpaired) electrons. The Kier molecular flexibility index (Phi) is 4.04. The third-order valence-corrected chi connectivity index (χ3v) is 1.73. The van der Waals surface area contributed by atoms with E-state index in [0.717, 1.165) is 0 Å². The molecular weight excluding hydrogens is 210 g/mol. The summed E-state index contributed by atoms with van der Waals surface area (Å²) in [5.74, 6) is -1.25. The Morgan fingerprint density at radius 3 is 2.44 bits per heavy atom. The Hall–Kier alpha value is -2.35. The fraction of sp³-hybridized carbons (Fsp3) is 0.182. The van der Waals surface area contributed by atoms with Crippen molar-refractivity contribution >= 4 is 11.9 Å². The monoisotopic (exact) mass is 219 g/mol. The molecule has 0 aliphatic carbocycles. The second kappa shape index (κ2) is 5.51. The van der Waals surface area contributed by atoms with Crippen molar-refractivity contribution in [2.24, 2.45) is 0 Å². The van der Waals surface area contributed by atoms with Crippen molar-refractivity contribution < 1.29 is 19.4 Å². The number of carboxylic acid groups (broad SMARTS) is 1. The minimum atomic E-state index is -0.922. The quantitative estimate of drug-likeness (QED) is 0.605. The summed E-state index contributed by atoms with van der Waals surface area (Å²) in [6, 6.07) is 7.78. The molecule has 0 amide bonds. The second-order valence-electron chi connectivity index (χ2n) is 3.02. The molecule has 0 saturated carbocycles. The Bertz CT molecular complexity index is 430. The van der Waals surface area contributed by atoms with Gasteiger partial charge in [-0.3, -0.25) is 9.59 Å². The lowest BCUT2D eigenvalue weighted by Crippen LogP contribution is -2.06. The third kappa shape index (κ3) is 3.80. The number of nitrogens with zero attached hydrogens (tertiary/aromatic N) is 1. The molecule has 0 atom stereocenters. The molecule has 1 aromatic rings. The highest BCUT2D eigenvalue weighted by Gasteiger charge is 2.04. The summed E-state index contributed by atoms with van der Waals surface area (Å²) in [7, 11) is 0. The maximum Gasteiger partial charge on any atom is 0.325 e. The molecule has 0 aliphatic heterocycles. The van der Waals surface area contributed by atoms with Crippen LogP contribution in [0.15, 0.2) is 24.3 Å². The molecule has 0 spiro atoms. The van der Waals surface area contributed by atoms with Gasteiger partial charge in [0.1, 0.15) is 12.2 Å². The zero-order chi connectivity index (χ0) is 12.0. The van der Waals surface area contributed by atoms with Crippen LogP contribution in [0.25, 0.3) is 0 Å². The van der Waals surface area contributed by atoms with E-state index in [9.17, 15) is 9.59 Å². The predicted octanol–water partition coefficient (Wildman–Crippen LogP) is 1.13. The highest BCUT2D eigenvalue weighted by atomic mass is 16.5. The third-order valence-electron chi connectivity index (χ3n) is 1.73. The average Bonchev–Trinajstić information content (AvgIpc) is 2.20. The van der Waals surface area contributed by atoms with Crippen molar-refractivity contribution in [2.45, 2.75) is 12.8 Å². The van der Waals surface area contributed by atoms with Crippen molar-refractivity contribution in [2.75, 3.05) is 0 Å². The van der Waals surface area contributed by atoms with Crippen LogP contribution in [0.2, 0.25) is 0 Å². The summed E-state index contributed by atoms with van der Waals surface area (Å²) in [5.41, 5.74) is 0.618. The highest BCUT2D eigenvalue weighted by Crippen LogP contribution is 2.13. The van der Waals surface area contributed by atoms with Gasteiger partial charge in [-0.2, -0.15) is 5.26 Å². The standard InChI is InChI=1S/C11H9NO4/c12-6-5-11(15)16-9-3-1-8(2-4-9)7-10(13)14/h1-4H,5,7H2,(H,13,14). The second-order valence-corrected chi connectivity index (χ2v) is 3.02. The van der Waals surface area contributed by atoms with Gasteiger partial charge in [0.15, 0.2) is 0 Å². The number of aliphatic carboxylic acids is 1. The number of nitriles is 1. The van der Waals surface area contributed by atoms with Crippen LogP contribution in [0, 0.1) is 11.3 Å². The van der Waals surface area contributed by atoms with E-state index in [4.69, 9.17) is 15.1 Å². The maximum atomic E-state index is 10.9. The normalized spacial score (nSPS) is 9.19. The number of rotatable bonds is 4. The maximum absolute atomic E-state index is 10.9. The molecule has 0 fully saturated rings. The van der Waals surface area contributed by atoms with Gasteiger partial charge in [0.25, 0.3) is 0 Å². The van der Waals surface area contributed by atoms with E-state index < -0.39 is 11.9 Å². The number of esters is 1. The van der Waals surface area contributed by atoms with Crippen molar-refractivity contribution in [3.63, 3.8) is 0 Å². The van der Waals surface area contributed by atoms with Gasteiger partial charge in [-0.1, -0.05) is 12.1 Å². The Balaban J connectivity index is 2.61. The first-order valence-corrected chi connectivity index (χ1v) is 4.50. The van der Waals surface area contributed by atoms with E-state index in [1.54, 1.807) is 18.2 Å². The number of hydrogen-bond acceptors (Lipinski definition) is 4. The summed E-state index contributed by atoms with van der Waals surface area (Å²) >= 11 is 0. The van der Waals surface area contributed by atoms with E-state index in [0.29, 0.717) is 11.3 Å². The zero-order valence-electron chi connectivity index (χ0n) is 8.34. The van der Waals surface area contributed by atoms with Crippen LogP contribution in [0.3, 0.4) is 0 Å². The van der Waals surface area contributed by atoms with Crippen LogP contribution in [-0.4, -0.2) is 17.0 Å². The van der Waals surface area contributed by atoms with Gasteiger partial charge >= 0.3 is 11.9 Å². The number of benzene rings is 1. The largest absolute Gasteiger partial charge is 0.481 e. The number of carboxylic acids is 1. The molecule has 0 unspecified atom stereocenters. The smallest absolute Gasteiger partial charge is 0.325 e. The lowest BCUT2D eigenvalue weighted by atomic mass is 10.1. The van der Waals surface area contributed by atoms with Gasteiger partial charge in [-0.25, -0.2) is 0 Å². The van der Waals surface area contributed by atoms with Crippen LogP contribution in [0.4, 0.5) is 0 Å². The molecule has 16 heavy (non-hydrogen) atoms. The van der Waals surface area contributed by atoms with E-state index >= 15 is 0 Å². The molecule has 5 heteroatoms. The minimum absolute atomic E-state index is 0.0770. The summed E-state index contributed by atoms with van der Waals surface area (Å²) in [4.78, 5) is 21.3. The molecule has 1 rings (SSSR count). The first-order chi connectivity index (χ1) is 7.61. The Morgan fingerprint density at radius 2 is 1.94 bits per heavy atom. The van der Waals surface area contributed by atoms with Crippen molar-refractivity contribution in [1.82, 2.24) is 0 Å². The first kappa shape index (κ1) is 11.7. The predicted molar refractivity (Wildman–Crippen MR) is 53.6 cm³/mol.